The number of methoxy groups -OCH3 is 1. The van der Waals surface area contributed by atoms with E-state index in [1.54, 1.807) is 11.3 Å². The van der Waals surface area contributed by atoms with Crippen molar-refractivity contribution in [1.82, 2.24) is 10.3 Å². The molecule has 0 amide bonds. The molecule has 0 bridgehead atoms. The Kier molecular flexibility index (Phi) is 4.73. The lowest BCUT2D eigenvalue weighted by molar-refractivity contribution is -0.142. The third-order valence-corrected chi connectivity index (χ3v) is 4.58. The van der Waals surface area contributed by atoms with Crippen LogP contribution in [-0.2, 0) is 16.1 Å². The molecule has 108 valence electrons. The van der Waals surface area contributed by atoms with E-state index in [0.29, 0.717) is 13.0 Å². The van der Waals surface area contributed by atoms with E-state index >= 15 is 0 Å². The number of hydrogen-bond donors (Lipinski definition) is 1. The van der Waals surface area contributed by atoms with E-state index < -0.39 is 0 Å². The summed E-state index contributed by atoms with van der Waals surface area (Å²) in [6.07, 6.45) is 1.22. The molecule has 5 heteroatoms. The first-order valence-electron chi connectivity index (χ1n) is 6.72. The van der Waals surface area contributed by atoms with Gasteiger partial charge in [0.15, 0.2) is 0 Å². The predicted octanol–water partition coefficient (Wildman–Crippen LogP) is 3.12. The minimum Gasteiger partial charge on any atom is -0.469 e. The second kappa shape index (κ2) is 6.33. The molecule has 1 atom stereocenters. The Bertz CT molecular complexity index is 563. The Balaban J connectivity index is 2.03. The van der Waals surface area contributed by atoms with Gasteiger partial charge in [-0.15, -0.1) is 11.3 Å². The zero-order chi connectivity index (χ0) is 14.6. The van der Waals surface area contributed by atoms with E-state index in [9.17, 15) is 4.79 Å². The summed E-state index contributed by atoms with van der Waals surface area (Å²) in [5, 5.41) is 4.47. The van der Waals surface area contributed by atoms with Gasteiger partial charge in [-0.1, -0.05) is 19.1 Å². The lowest BCUT2D eigenvalue weighted by atomic mass is 9.94. The molecule has 0 radical (unpaired) electrons. The smallest absolute Gasteiger partial charge is 0.307 e. The highest BCUT2D eigenvalue weighted by Gasteiger charge is 2.25. The number of benzene rings is 1. The van der Waals surface area contributed by atoms with Gasteiger partial charge in [-0.3, -0.25) is 4.79 Å². The van der Waals surface area contributed by atoms with Crippen molar-refractivity contribution in [3.05, 3.63) is 29.3 Å². The molecule has 0 aliphatic rings. The summed E-state index contributed by atoms with van der Waals surface area (Å²) < 4.78 is 5.95. The molecule has 0 fully saturated rings. The van der Waals surface area contributed by atoms with Gasteiger partial charge in [-0.25, -0.2) is 4.98 Å². The topological polar surface area (TPSA) is 51.2 Å². The number of carbonyl (C=O) groups excluding carboxylic acids is 1. The van der Waals surface area contributed by atoms with Crippen LogP contribution in [0.1, 0.15) is 31.7 Å². The fourth-order valence-electron chi connectivity index (χ4n) is 1.99. The Labute approximate surface area is 123 Å². The largest absolute Gasteiger partial charge is 0.469 e. The van der Waals surface area contributed by atoms with E-state index in [1.165, 1.54) is 11.8 Å². The highest BCUT2D eigenvalue weighted by Crippen LogP contribution is 2.23. The second-order valence-electron chi connectivity index (χ2n) is 5.10. The van der Waals surface area contributed by atoms with E-state index in [0.717, 1.165) is 16.9 Å². The molecule has 1 heterocycles. The van der Waals surface area contributed by atoms with Crippen molar-refractivity contribution in [2.45, 2.75) is 38.8 Å². The van der Waals surface area contributed by atoms with E-state index in [4.69, 9.17) is 4.74 Å². The number of thiazole rings is 1. The molecule has 2 rings (SSSR count). The minimum atomic E-state index is -0.259. The van der Waals surface area contributed by atoms with E-state index in [-0.39, 0.29) is 11.5 Å². The van der Waals surface area contributed by atoms with Crippen LogP contribution in [0.3, 0.4) is 0 Å². The highest BCUT2D eigenvalue weighted by atomic mass is 32.1. The summed E-state index contributed by atoms with van der Waals surface area (Å²) >= 11 is 1.68. The van der Waals surface area contributed by atoms with Crippen LogP contribution in [0.4, 0.5) is 0 Å². The minimum absolute atomic E-state index is 0.189. The third-order valence-electron chi connectivity index (χ3n) is 3.55. The maximum absolute atomic E-state index is 11.5. The predicted molar refractivity (Wildman–Crippen MR) is 81.8 cm³/mol. The maximum atomic E-state index is 11.5. The van der Waals surface area contributed by atoms with Gasteiger partial charge in [0.25, 0.3) is 0 Å². The van der Waals surface area contributed by atoms with Crippen molar-refractivity contribution < 1.29 is 9.53 Å². The summed E-state index contributed by atoms with van der Waals surface area (Å²) in [5.41, 5.74) is 0.769. The maximum Gasteiger partial charge on any atom is 0.307 e. The molecule has 1 aromatic heterocycles. The number of rotatable bonds is 6. The molecule has 0 unspecified atom stereocenters. The molecule has 0 aliphatic carbocycles. The molecule has 0 spiro atoms. The first-order valence-corrected chi connectivity index (χ1v) is 7.54. The highest BCUT2D eigenvalue weighted by molar-refractivity contribution is 7.18. The standard InChI is InChI=1S/C15H20N2O2S/c1-4-15(2,9-14(18)19-3)16-10-13-17-11-7-5-6-8-12(11)20-13/h5-8,16H,4,9-10H2,1-3H3/t15-/m1/s1. The first kappa shape index (κ1) is 14.9. The molecule has 1 aromatic carbocycles. The number of ether oxygens (including phenoxy) is 1. The third kappa shape index (κ3) is 3.55. The van der Waals surface area contributed by atoms with Crippen LogP contribution in [0.2, 0.25) is 0 Å². The number of carbonyl (C=O) groups is 1. The van der Waals surface area contributed by atoms with Crippen LogP contribution < -0.4 is 5.32 Å². The van der Waals surface area contributed by atoms with Gasteiger partial charge >= 0.3 is 5.97 Å². The van der Waals surface area contributed by atoms with Gasteiger partial charge < -0.3 is 10.1 Å². The zero-order valence-electron chi connectivity index (χ0n) is 12.1. The molecule has 1 N–H and O–H groups in total. The van der Waals surface area contributed by atoms with Crippen LogP contribution in [-0.4, -0.2) is 23.6 Å². The van der Waals surface area contributed by atoms with Crippen molar-refractivity contribution in [3.63, 3.8) is 0 Å². The fourth-order valence-corrected chi connectivity index (χ4v) is 2.89. The Morgan fingerprint density at radius 2 is 2.20 bits per heavy atom. The molecular weight excluding hydrogens is 272 g/mol. The number of aromatic nitrogens is 1. The monoisotopic (exact) mass is 292 g/mol. The number of esters is 1. The Hall–Kier alpha value is -1.46. The molecule has 20 heavy (non-hydrogen) atoms. The molecule has 0 aliphatic heterocycles. The SMILES string of the molecule is CC[C@](C)(CC(=O)OC)NCc1nc2ccccc2s1. The summed E-state index contributed by atoms with van der Waals surface area (Å²) in [5.74, 6) is -0.189. The quantitative estimate of drug-likeness (QED) is 0.831. The number of para-hydroxylation sites is 1. The normalized spacial score (nSPS) is 14.2. The second-order valence-corrected chi connectivity index (χ2v) is 6.21. The van der Waals surface area contributed by atoms with Crippen molar-refractivity contribution in [1.29, 1.82) is 0 Å². The average molecular weight is 292 g/mol. The summed E-state index contributed by atoms with van der Waals surface area (Å²) in [7, 11) is 1.42. The lowest BCUT2D eigenvalue weighted by Gasteiger charge is -2.28. The van der Waals surface area contributed by atoms with Crippen LogP contribution in [0.5, 0.6) is 0 Å². The van der Waals surface area contributed by atoms with Gasteiger partial charge in [0.2, 0.25) is 0 Å². The Morgan fingerprint density at radius 1 is 1.45 bits per heavy atom. The lowest BCUT2D eigenvalue weighted by Crippen LogP contribution is -2.43. The molecule has 0 saturated heterocycles. The van der Waals surface area contributed by atoms with Crippen molar-refractivity contribution >= 4 is 27.5 Å². The van der Waals surface area contributed by atoms with Crippen LogP contribution in [0, 0.1) is 0 Å². The number of nitrogens with one attached hydrogen (secondary N) is 1. The zero-order valence-corrected chi connectivity index (χ0v) is 12.9. The first-order chi connectivity index (χ1) is 9.56. The molecule has 4 nitrogen and oxygen atoms in total. The number of nitrogens with zero attached hydrogens (tertiary/aromatic N) is 1. The van der Waals surface area contributed by atoms with Crippen molar-refractivity contribution in [2.24, 2.45) is 0 Å². The summed E-state index contributed by atoms with van der Waals surface area (Å²) in [6.45, 7) is 4.77. The van der Waals surface area contributed by atoms with Gasteiger partial charge in [0, 0.05) is 12.1 Å². The van der Waals surface area contributed by atoms with Crippen molar-refractivity contribution in [3.8, 4) is 0 Å². The molecular formula is C15H20N2O2S. The van der Waals surface area contributed by atoms with Gasteiger partial charge in [0.05, 0.1) is 23.7 Å². The van der Waals surface area contributed by atoms with Crippen LogP contribution >= 0.6 is 11.3 Å². The number of hydrogen-bond acceptors (Lipinski definition) is 5. The summed E-state index contributed by atoms with van der Waals surface area (Å²) in [6, 6.07) is 8.10. The summed E-state index contributed by atoms with van der Waals surface area (Å²) in [4.78, 5) is 16.1. The average Bonchev–Trinajstić information content (AvgIpc) is 2.88. The fraction of sp³-hybridized carbons (Fsp3) is 0.467. The van der Waals surface area contributed by atoms with Crippen LogP contribution in [0.25, 0.3) is 10.2 Å². The van der Waals surface area contributed by atoms with Gasteiger partial charge in [-0.05, 0) is 25.5 Å². The molecule has 2 aromatic rings. The van der Waals surface area contributed by atoms with Gasteiger partial charge in [-0.2, -0.15) is 0 Å². The van der Waals surface area contributed by atoms with E-state index in [1.807, 2.05) is 25.1 Å². The number of fused-ring (bicyclic) bond motifs is 1. The van der Waals surface area contributed by atoms with E-state index in [2.05, 4.69) is 23.3 Å². The Morgan fingerprint density at radius 3 is 2.85 bits per heavy atom. The van der Waals surface area contributed by atoms with Crippen molar-refractivity contribution in [2.75, 3.05) is 7.11 Å². The van der Waals surface area contributed by atoms with Gasteiger partial charge in [0.1, 0.15) is 5.01 Å². The molecule has 0 saturated carbocycles. The van der Waals surface area contributed by atoms with Crippen LogP contribution in [0.15, 0.2) is 24.3 Å².